The minimum absolute atomic E-state index is 0.101. The van der Waals surface area contributed by atoms with Gasteiger partial charge in [0.05, 0.1) is 0 Å². The SMILES string of the molecule is Cc1nc(C(=O)NC2CC(F)C2)nc(N2CC[C@@H](N)C2)c1C. The lowest BCUT2D eigenvalue weighted by Gasteiger charge is -2.30. The third-order valence-corrected chi connectivity index (χ3v) is 4.51. The van der Waals surface area contributed by atoms with Crippen LogP contribution in [0.5, 0.6) is 0 Å². The van der Waals surface area contributed by atoms with Crippen molar-refractivity contribution in [2.75, 3.05) is 18.0 Å². The second kappa shape index (κ2) is 5.79. The van der Waals surface area contributed by atoms with Crippen LogP contribution in [0.15, 0.2) is 0 Å². The molecule has 7 heteroatoms. The molecule has 1 amide bonds. The molecule has 120 valence electrons. The third-order valence-electron chi connectivity index (χ3n) is 4.51. The van der Waals surface area contributed by atoms with Crippen molar-refractivity contribution >= 4 is 11.7 Å². The summed E-state index contributed by atoms with van der Waals surface area (Å²) in [5, 5.41) is 2.79. The van der Waals surface area contributed by atoms with E-state index in [1.54, 1.807) is 0 Å². The van der Waals surface area contributed by atoms with E-state index in [0.29, 0.717) is 12.8 Å². The molecule has 0 bridgehead atoms. The van der Waals surface area contributed by atoms with Crippen LogP contribution in [-0.4, -0.2) is 47.2 Å². The number of hydrogen-bond donors (Lipinski definition) is 2. The largest absolute Gasteiger partial charge is 0.355 e. The molecule has 3 rings (SSSR count). The fraction of sp³-hybridized carbons (Fsp3) is 0.667. The van der Waals surface area contributed by atoms with E-state index in [1.165, 1.54) is 0 Å². The first-order valence-corrected chi connectivity index (χ1v) is 7.74. The van der Waals surface area contributed by atoms with Gasteiger partial charge in [-0.15, -0.1) is 0 Å². The van der Waals surface area contributed by atoms with E-state index in [4.69, 9.17) is 5.73 Å². The lowest BCUT2D eigenvalue weighted by molar-refractivity contribution is 0.0849. The molecular formula is C15H22FN5O. The third kappa shape index (κ3) is 2.90. The van der Waals surface area contributed by atoms with Crippen molar-refractivity contribution in [1.29, 1.82) is 0 Å². The molecule has 2 heterocycles. The highest BCUT2D eigenvalue weighted by atomic mass is 19.1. The summed E-state index contributed by atoms with van der Waals surface area (Å²) in [6.07, 6.45) is 0.881. The number of halogens is 1. The zero-order chi connectivity index (χ0) is 15.9. The van der Waals surface area contributed by atoms with Crippen LogP contribution >= 0.6 is 0 Å². The molecule has 0 aromatic carbocycles. The minimum Gasteiger partial charge on any atom is -0.355 e. The van der Waals surface area contributed by atoms with Gasteiger partial charge in [-0.1, -0.05) is 0 Å². The zero-order valence-corrected chi connectivity index (χ0v) is 13.0. The number of nitrogens with two attached hydrogens (primary N) is 1. The summed E-state index contributed by atoms with van der Waals surface area (Å²) in [5.74, 6) is 0.605. The van der Waals surface area contributed by atoms with Crippen LogP contribution in [0.1, 0.15) is 41.1 Å². The van der Waals surface area contributed by atoms with Crippen LogP contribution in [0.3, 0.4) is 0 Å². The number of nitrogens with one attached hydrogen (secondary N) is 1. The number of aryl methyl sites for hydroxylation is 1. The molecule has 2 aliphatic rings. The van der Waals surface area contributed by atoms with E-state index >= 15 is 0 Å². The first-order chi connectivity index (χ1) is 10.4. The molecule has 0 radical (unpaired) electrons. The van der Waals surface area contributed by atoms with E-state index in [1.807, 2.05) is 13.8 Å². The maximum Gasteiger partial charge on any atom is 0.289 e. The van der Waals surface area contributed by atoms with Crippen LogP contribution < -0.4 is 16.0 Å². The van der Waals surface area contributed by atoms with Crippen LogP contribution in [-0.2, 0) is 0 Å². The van der Waals surface area contributed by atoms with Gasteiger partial charge in [-0.2, -0.15) is 0 Å². The predicted octanol–water partition coefficient (Wildman–Crippen LogP) is 0.861. The van der Waals surface area contributed by atoms with Crippen LogP contribution in [0, 0.1) is 13.8 Å². The second-order valence-electron chi connectivity index (χ2n) is 6.32. The number of amides is 1. The Labute approximate surface area is 129 Å². The number of aromatic nitrogens is 2. The first-order valence-electron chi connectivity index (χ1n) is 7.74. The summed E-state index contributed by atoms with van der Waals surface area (Å²) in [5.41, 5.74) is 7.71. The summed E-state index contributed by atoms with van der Waals surface area (Å²) < 4.78 is 12.8. The molecule has 1 atom stereocenters. The second-order valence-corrected chi connectivity index (χ2v) is 6.32. The Morgan fingerprint density at radius 3 is 2.68 bits per heavy atom. The summed E-state index contributed by atoms with van der Waals surface area (Å²) in [7, 11) is 0. The number of anilines is 1. The standard InChI is InChI=1S/C15H22FN5O/c1-8-9(2)18-13(15(22)19-12-5-10(16)6-12)20-14(8)21-4-3-11(17)7-21/h10-12H,3-7,17H2,1-2H3,(H,19,22)/t10?,11-,12?/m1/s1. The van der Waals surface area contributed by atoms with Gasteiger partial charge >= 0.3 is 0 Å². The van der Waals surface area contributed by atoms with Gasteiger partial charge in [0.1, 0.15) is 12.0 Å². The minimum atomic E-state index is -0.798. The van der Waals surface area contributed by atoms with E-state index in [9.17, 15) is 9.18 Å². The molecule has 1 saturated carbocycles. The molecule has 1 aliphatic heterocycles. The van der Waals surface area contributed by atoms with Gasteiger partial charge in [0.2, 0.25) is 5.82 Å². The van der Waals surface area contributed by atoms with Crippen molar-refractivity contribution in [3.63, 3.8) is 0 Å². The monoisotopic (exact) mass is 307 g/mol. The van der Waals surface area contributed by atoms with E-state index in [2.05, 4.69) is 20.2 Å². The molecule has 1 saturated heterocycles. The summed E-state index contributed by atoms with van der Waals surface area (Å²) in [6.45, 7) is 5.40. The fourth-order valence-electron chi connectivity index (χ4n) is 2.92. The number of carbonyl (C=O) groups excluding carboxylic acids is 1. The Kier molecular flexibility index (Phi) is 3.99. The number of rotatable bonds is 3. The average molecular weight is 307 g/mol. The highest BCUT2D eigenvalue weighted by Crippen LogP contribution is 2.25. The highest BCUT2D eigenvalue weighted by Gasteiger charge is 2.31. The highest BCUT2D eigenvalue weighted by molar-refractivity contribution is 5.91. The fourth-order valence-corrected chi connectivity index (χ4v) is 2.92. The first kappa shape index (κ1) is 15.1. The topological polar surface area (TPSA) is 84.1 Å². The quantitative estimate of drug-likeness (QED) is 0.865. The molecule has 22 heavy (non-hydrogen) atoms. The molecular weight excluding hydrogens is 285 g/mol. The van der Waals surface area contributed by atoms with Crippen LogP contribution in [0.4, 0.5) is 10.2 Å². The van der Waals surface area contributed by atoms with E-state index in [-0.39, 0.29) is 23.8 Å². The Balaban J connectivity index is 1.79. The summed E-state index contributed by atoms with van der Waals surface area (Å²) in [6, 6.07) is 0.0415. The molecule has 1 aromatic heterocycles. The molecule has 3 N–H and O–H groups in total. The number of alkyl halides is 1. The van der Waals surface area contributed by atoms with E-state index < -0.39 is 6.17 Å². The zero-order valence-electron chi connectivity index (χ0n) is 13.0. The molecule has 1 aliphatic carbocycles. The molecule has 1 aromatic rings. The summed E-state index contributed by atoms with van der Waals surface area (Å²) >= 11 is 0. The molecule has 0 spiro atoms. The smallest absolute Gasteiger partial charge is 0.289 e. The van der Waals surface area contributed by atoms with Gasteiger partial charge in [0.15, 0.2) is 0 Å². The van der Waals surface area contributed by atoms with Gasteiger partial charge in [-0.3, -0.25) is 4.79 Å². The van der Waals surface area contributed by atoms with Gasteiger partial charge in [-0.25, -0.2) is 14.4 Å². The number of nitrogens with zero attached hydrogens (tertiary/aromatic N) is 3. The predicted molar refractivity (Wildman–Crippen MR) is 81.7 cm³/mol. The average Bonchev–Trinajstić information content (AvgIpc) is 2.86. The Morgan fingerprint density at radius 1 is 1.36 bits per heavy atom. The van der Waals surface area contributed by atoms with Crippen molar-refractivity contribution in [2.24, 2.45) is 5.73 Å². The lowest BCUT2D eigenvalue weighted by atomic mass is 9.91. The van der Waals surface area contributed by atoms with Gasteiger partial charge in [0.25, 0.3) is 5.91 Å². The Bertz CT molecular complexity index is 588. The van der Waals surface area contributed by atoms with Crippen molar-refractivity contribution in [1.82, 2.24) is 15.3 Å². The van der Waals surface area contributed by atoms with Crippen molar-refractivity contribution in [3.8, 4) is 0 Å². The van der Waals surface area contributed by atoms with Crippen molar-refractivity contribution < 1.29 is 9.18 Å². The maximum absolute atomic E-state index is 12.8. The van der Waals surface area contributed by atoms with Crippen molar-refractivity contribution in [3.05, 3.63) is 17.1 Å². The number of hydrogen-bond acceptors (Lipinski definition) is 5. The molecule has 0 unspecified atom stereocenters. The van der Waals surface area contributed by atoms with E-state index in [0.717, 1.165) is 36.6 Å². The van der Waals surface area contributed by atoms with Crippen LogP contribution in [0.2, 0.25) is 0 Å². The van der Waals surface area contributed by atoms with Gasteiger partial charge < -0.3 is 16.0 Å². The van der Waals surface area contributed by atoms with Gasteiger partial charge in [-0.05, 0) is 33.1 Å². The normalized spacial score (nSPS) is 27.6. The van der Waals surface area contributed by atoms with Crippen LogP contribution in [0.25, 0.3) is 0 Å². The van der Waals surface area contributed by atoms with Crippen molar-refractivity contribution in [2.45, 2.75) is 51.4 Å². The van der Waals surface area contributed by atoms with Gasteiger partial charge in [0, 0.05) is 36.4 Å². The molecule has 2 fully saturated rings. The molecule has 6 nitrogen and oxygen atoms in total. The Morgan fingerprint density at radius 2 is 2.09 bits per heavy atom. The lowest BCUT2D eigenvalue weighted by Crippen LogP contribution is -2.45. The summed E-state index contributed by atoms with van der Waals surface area (Å²) in [4.78, 5) is 23.1. The number of carbonyl (C=O) groups is 1. The Hall–Kier alpha value is -1.76. The maximum atomic E-state index is 12.8.